The molecule has 3 nitrogen and oxygen atoms in total. The summed E-state index contributed by atoms with van der Waals surface area (Å²) in [5, 5.41) is 0. The van der Waals surface area contributed by atoms with Gasteiger partial charge >= 0.3 is 0 Å². The third kappa shape index (κ3) is 3.00. The van der Waals surface area contributed by atoms with Gasteiger partial charge in [-0.15, -0.1) is 0 Å². The first-order chi connectivity index (χ1) is 7.16. The predicted molar refractivity (Wildman–Crippen MR) is 77.5 cm³/mol. The number of sulfone groups is 1. The van der Waals surface area contributed by atoms with Crippen LogP contribution >= 0.6 is 47.8 Å². The molecule has 0 aliphatic heterocycles. The van der Waals surface area contributed by atoms with Gasteiger partial charge in [0.15, 0.2) is 0 Å². The van der Waals surface area contributed by atoms with Crippen molar-refractivity contribution in [3.05, 3.63) is 24.3 Å². The fourth-order valence-electron chi connectivity index (χ4n) is 1.06. The van der Waals surface area contributed by atoms with Crippen molar-refractivity contribution in [2.24, 2.45) is 0 Å². The Balaban J connectivity index is 3.18. The van der Waals surface area contributed by atoms with Crippen LogP contribution in [0.2, 0.25) is 0 Å². The maximum absolute atomic E-state index is 12.0. The van der Waals surface area contributed by atoms with Crippen molar-refractivity contribution in [2.75, 3.05) is 19.0 Å². The maximum atomic E-state index is 12.0. The zero-order valence-electron chi connectivity index (χ0n) is 8.62. The zero-order chi connectivity index (χ0) is 12.6. The summed E-state index contributed by atoms with van der Waals surface area (Å²) < 4.78 is 22.6. The van der Waals surface area contributed by atoms with Crippen LogP contribution in [0.3, 0.4) is 0 Å². The van der Waals surface area contributed by atoms with Crippen LogP contribution in [0.25, 0.3) is 0 Å². The van der Waals surface area contributed by atoms with E-state index in [-0.39, 0.29) is 4.90 Å². The van der Waals surface area contributed by atoms with Crippen molar-refractivity contribution < 1.29 is 8.42 Å². The summed E-state index contributed by atoms with van der Waals surface area (Å²) in [6, 6.07) is 6.66. The topological polar surface area (TPSA) is 37.4 Å². The fourth-order valence-corrected chi connectivity index (χ4v) is 3.50. The van der Waals surface area contributed by atoms with Crippen LogP contribution in [0.4, 0.5) is 5.69 Å². The molecule has 16 heavy (non-hydrogen) atoms. The molecular formula is C9H10Br3NO2S. The zero-order valence-corrected chi connectivity index (χ0v) is 14.2. The van der Waals surface area contributed by atoms with Crippen LogP contribution in [0.15, 0.2) is 29.2 Å². The molecule has 0 atom stereocenters. The minimum atomic E-state index is -3.49. The molecule has 0 N–H and O–H groups in total. The average molecular weight is 436 g/mol. The standard InChI is InChI=1S/C9H10Br3NO2S/c1-13(2)7-3-5-8(6-4-7)16(14,15)9(10,11)12/h3-6H,1-2H3. The average Bonchev–Trinajstić information content (AvgIpc) is 2.16. The Kier molecular flexibility index (Phi) is 4.48. The van der Waals surface area contributed by atoms with Crippen molar-refractivity contribution >= 4 is 63.3 Å². The van der Waals surface area contributed by atoms with Crippen molar-refractivity contribution in [1.82, 2.24) is 0 Å². The number of anilines is 1. The Bertz CT molecular complexity index is 463. The lowest BCUT2D eigenvalue weighted by atomic mass is 10.3. The molecule has 0 saturated heterocycles. The molecule has 0 aromatic heterocycles. The molecule has 0 bridgehead atoms. The van der Waals surface area contributed by atoms with Gasteiger partial charge in [-0.2, -0.15) is 0 Å². The first-order valence-corrected chi connectivity index (χ1v) is 8.11. The highest BCUT2D eigenvalue weighted by Gasteiger charge is 2.37. The van der Waals surface area contributed by atoms with E-state index in [1.807, 2.05) is 19.0 Å². The van der Waals surface area contributed by atoms with Crippen LogP contribution < -0.4 is 4.90 Å². The van der Waals surface area contributed by atoms with E-state index in [2.05, 4.69) is 47.8 Å². The van der Waals surface area contributed by atoms with E-state index in [0.29, 0.717) is 0 Å². The van der Waals surface area contributed by atoms with Gasteiger partial charge in [0.25, 0.3) is 0 Å². The van der Waals surface area contributed by atoms with Gasteiger partial charge in [0, 0.05) is 19.8 Å². The molecule has 0 aliphatic rings. The third-order valence-electron chi connectivity index (χ3n) is 1.97. The van der Waals surface area contributed by atoms with E-state index < -0.39 is 11.3 Å². The second-order valence-electron chi connectivity index (χ2n) is 3.34. The monoisotopic (exact) mass is 433 g/mol. The number of rotatable bonds is 2. The minimum Gasteiger partial charge on any atom is -0.378 e. The van der Waals surface area contributed by atoms with E-state index in [4.69, 9.17) is 0 Å². The smallest absolute Gasteiger partial charge is 0.239 e. The van der Waals surface area contributed by atoms with E-state index in [1.54, 1.807) is 24.3 Å². The van der Waals surface area contributed by atoms with Gasteiger partial charge in [-0.1, -0.05) is 0 Å². The summed E-state index contributed by atoms with van der Waals surface area (Å²) in [6.45, 7) is 0. The lowest BCUT2D eigenvalue weighted by molar-refractivity contribution is 0.599. The second-order valence-corrected chi connectivity index (χ2v) is 13.8. The number of nitrogens with zero attached hydrogens (tertiary/aromatic N) is 1. The van der Waals surface area contributed by atoms with Crippen molar-refractivity contribution in [1.29, 1.82) is 0 Å². The van der Waals surface area contributed by atoms with E-state index in [1.165, 1.54) is 0 Å². The van der Waals surface area contributed by atoms with Crippen molar-refractivity contribution in [3.8, 4) is 0 Å². The molecule has 90 valence electrons. The quantitative estimate of drug-likeness (QED) is 0.669. The van der Waals surface area contributed by atoms with Gasteiger partial charge in [-0.3, -0.25) is 0 Å². The molecule has 0 amide bonds. The first kappa shape index (κ1) is 14.5. The number of benzene rings is 1. The number of hydrogen-bond acceptors (Lipinski definition) is 3. The van der Waals surface area contributed by atoms with E-state index in [9.17, 15) is 8.42 Å². The molecule has 1 rings (SSSR count). The summed E-state index contributed by atoms with van der Waals surface area (Å²) in [4.78, 5) is 2.14. The molecule has 1 aromatic rings. The molecule has 0 unspecified atom stereocenters. The Morgan fingerprint density at radius 2 is 1.50 bits per heavy atom. The lowest BCUT2D eigenvalue weighted by Gasteiger charge is -2.16. The van der Waals surface area contributed by atoms with Crippen molar-refractivity contribution in [2.45, 2.75) is 6.37 Å². The molecule has 1 aromatic carbocycles. The van der Waals surface area contributed by atoms with Gasteiger partial charge in [0.2, 0.25) is 11.3 Å². The Hall–Kier alpha value is 0.410. The van der Waals surface area contributed by atoms with Gasteiger partial charge in [-0.05, 0) is 72.1 Å². The Morgan fingerprint density at radius 1 is 1.06 bits per heavy atom. The van der Waals surface area contributed by atoms with Crippen LogP contribution in [0, 0.1) is 0 Å². The van der Waals surface area contributed by atoms with Gasteiger partial charge < -0.3 is 4.90 Å². The molecule has 7 heteroatoms. The molecule has 0 aliphatic carbocycles. The Morgan fingerprint density at radius 3 is 1.81 bits per heavy atom. The van der Waals surface area contributed by atoms with Gasteiger partial charge in [-0.25, -0.2) is 8.42 Å². The molecular weight excluding hydrogens is 426 g/mol. The summed E-state index contributed by atoms with van der Waals surface area (Å²) in [7, 11) is 0.305. The van der Waals surface area contributed by atoms with Crippen LogP contribution in [0.1, 0.15) is 0 Å². The summed E-state index contributed by atoms with van der Waals surface area (Å²) in [5.41, 5.74) is 0.947. The highest BCUT2D eigenvalue weighted by molar-refractivity contribution is 9.42. The molecule has 0 spiro atoms. The van der Waals surface area contributed by atoms with E-state index >= 15 is 0 Å². The van der Waals surface area contributed by atoms with Crippen LogP contribution in [-0.4, -0.2) is 24.0 Å². The van der Waals surface area contributed by atoms with Crippen LogP contribution in [0.5, 0.6) is 0 Å². The molecule has 0 fully saturated rings. The lowest BCUT2D eigenvalue weighted by Crippen LogP contribution is -2.18. The minimum absolute atomic E-state index is 0.240. The summed E-state index contributed by atoms with van der Waals surface area (Å²) in [5.74, 6) is 0. The number of hydrogen-bond donors (Lipinski definition) is 0. The van der Waals surface area contributed by atoms with E-state index in [0.717, 1.165) is 5.69 Å². The third-order valence-corrected chi connectivity index (χ3v) is 7.31. The second kappa shape index (κ2) is 4.96. The van der Waals surface area contributed by atoms with Gasteiger partial charge in [0.05, 0.1) is 4.90 Å². The maximum Gasteiger partial charge on any atom is 0.239 e. The molecule has 0 saturated carbocycles. The highest BCUT2D eigenvalue weighted by atomic mass is 80.0. The van der Waals surface area contributed by atoms with Crippen molar-refractivity contribution in [3.63, 3.8) is 0 Å². The summed E-state index contributed by atoms with van der Waals surface area (Å²) >= 11 is 9.06. The Labute approximate surface area is 121 Å². The fraction of sp³-hybridized carbons (Fsp3) is 0.333. The molecule has 0 heterocycles. The SMILES string of the molecule is CN(C)c1ccc(S(=O)(=O)C(Br)(Br)Br)cc1. The number of alkyl halides is 3. The normalized spacial score (nSPS) is 12.6. The summed E-state index contributed by atoms with van der Waals surface area (Å²) in [6.07, 6.45) is 0. The highest BCUT2D eigenvalue weighted by Crippen LogP contribution is 2.43. The predicted octanol–water partition coefficient (Wildman–Crippen LogP) is 3.32. The first-order valence-electron chi connectivity index (χ1n) is 4.25. The van der Waals surface area contributed by atoms with Gasteiger partial charge in [0.1, 0.15) is 0 Å². The van der Waals surface area contributed by atoms with Crippen LogP contribution in [-0.2, 0) is 9.84 Å². The molecule has 0 radical (unpaired) electrons. The largest absolute Gasteiger partial charge is 0.378 e. The number of halogens is 3.